The van der Waals surface area contributed by atoms with E-state index in [9.17, 15) is 4.79 Å². The molecule has 1 aromatic carbocycles. The molecule has 1 aromatic heterocycles. The van der Waals surface area contributed by atoms with Gasteiger partial charge in [0.05, 0.1) is 35.3 Å². The Kier molecular flexibility index (Phi) is 5.38. The number of amides is 1. The Morgan fingerprint density at radius 1 is 1.08 bits per heavy atom. The molecule has 6 nitrogen and oxygen atoms in total. The summed E-state index contributed by atoms with van der Waals surface area (Å²) in [6.07, 6.45) is 0. The molecule has 0 radical (unpaired) electrons. The summed E-state index contributed by atoms with van der Waals surface area (Å²) < 4.78 is 11.1. The van der Waals surface area contributed by atoms with E-state index >= 15 is 0 Å². The zero-order valence-electron chi connectivity index (χ0n) is 14.6. The number of nitrogens with one attached hydrogen (secondary N) is 1. The SMILES string of the molecule is O=C(NCCN1CCOCC1)c1ccc(N2CCOc3ccccc32)s1. The van der Waals surface area contributed by atoms with Gasteiger partial charge in [0.2, 0.25) is 0 Å². The second-order valence-electron chi connectivity index (χ2n) is 6.32. The smallest absolute Gasteiger partial charge is 0.261 e. The first-order valence-corrected chi connectivity index (χ1v) is 9.80. The quantitative estimate of drug-likeness (QED) is 0.872. The van der Waals surface area contributed by atoms with Crippen LogP contribution in [0.2, 0.25) is 0 Å². The molecule has 1 amide bonds. The van der Waals surface area contributed by atoms with Crippen LogP contribution in [-0.2, 0) is 4.74 Å². The van der Waals surface area contributed by atoms with Crippen LogP contribution < -0.4 is 15.0 Å². The van der Waals surface area contributed by atoms with Gasteiger partial charge in [-0.05, 0) is 24.3 Å². The summed E-state index contributed by atoms with van der Waals surface area (Å²) in [6.45, 7) is 6.40. The molecule has 2 aromatic rings. The first-order chi connectivity index (χ1) is 12.8. The van der Waals surface area contributed by atoms with Gasteiger partial charge in [0.1, 0.15) is 12.4 Å². The van der Waals surface area contributed by atoms with Crippen LogP contribution in [0, 0.1) is 0 Å². The molecule has 2 aliphatic rings. The van der Waals surface area contributed by atoms with Gasteiger partial charge in [-0.15, -0.1) is 11.3 Å². The summed E-state index contributed by atoms with van der Waals surface area (Å²) >= 11 is 1.52. The molecule has 1 fully saturated rings. The molecule has 0 aliphatic carbocycles. The van der Waals surface area contributed by atoms with Crippen LogP contribution in [0.25, 0.3) is 0 Å². The van der Waals surface area contributed by atoms with E-state index in [0.717, 1.165) is 60.7 Å². The summed E-state index contributed by atoms with van der Waals surface area (Å²) in [7, 11) is 0. The maximum Gasteiger partial charge on any atom is 0.261 e. The van der Waals surface area contributed by atoms with Crippen molar-refractivity contribution < 1.29 is 14.3 Å². The standard InChI is InChI=1S/C19H23N3O3S/c23-19(20-7-8-21-9-12-24-13-10-21)17-5-6-18(26-17)22-11-14-25-16-4-2-1-3-15(16)22/h1-6H,7-14H2,(H,20,23). The molecule has 1 saturated heterocycles. The summed E-state index contributed by atoms with van der Waals surface area (Å²) in [4.78, 5) is 17.7. The zero-order chi connectivity index (χ0) is 17.8. The number of hydrogen-bond acceptors (Lipinski definition) is 6. The number of anilines is 2. The van der Waals surface area contributed by atoms with Gasteiger partial charge < -0.3 is 19.7 Å². The summed E-state index contributed by atoms with van der Waals surface area (Å²) in [5, 5.41) is 4.10. The molecule has 0 atom stereocenters. The Balaban J connectivity index is 1.36. The molecular weight excluding hydrogens is 350 g/mol. The summed E-state index contributed by atoms with van der Waals surface area (Å²) in [6, 6.07) is 11.9. The number of carbonyl (C=O) groups excluding carboxylic acids is 1. The number of ether oxygens (including phenoxy) is 2. The van der Waals surface area contributed by atoms with Gasteiger partial charge in [-0.3, -0.25) is 9.69 Å². The lowest BCUT2D eigenvalue weighted by Gasteiger charge is -2.29. The number of thiophene rings is 1. The monoisotopic (exact) mass is 373 g/mol. The van der Waals surface area contributed by atoms with Crippen molar-refractivity contribution in [1.82, 2.24) is 10.2 Å². The predicted octanol–water partition coefficient (Wildman–Crippen LogP) is 2.34. The van der Waals surface area contributed by atoms with E-state index in [2.05, 4.69) is 21.2 Å². The van der Waals surface area contributed by atoms with E-state index < -0.39 is 0 Å². The van der Waals surface area contributed by atoms with Crippen molar-refractivity contribution in [3.05, 3.63) is 41.3 Å². The number of benzene rings is 1. The Labute approximate surface area is 157 Å². The van der Waals surface area contributed by atoms with Gasteiger partial charge in [-0.25, -0.2) is 0 Å². The van der Waals surface area contributed by atoms with Gasteiger partial charge >= 0.3 is 0 Å². The van der Waals surface area contributed by atoms with Crippen LogP contribution in [0.1, 0.15) is 9.67 Å². The molecule has 0 spiro atoms. The Bertz CT molecular complexity index is 758. The lowest BCUT2D eigenvalue weighted by Crippen LogP contribution is -2.41. The van der Waals surface area contributed by atoms with Crippen molar-refractivity contribution in [2.45, 2.75) is 0 Å². The third kappa shape index (κ3) is 3.85. The van der Waals surface area contributed by atoms with E-state index in [1.165, 1.54) is 11.3 Å². The molecule has 1 N–H and O–H groups in total. The van der Waals surface area contributed by atoms with Crippen molar-refractivity contribution in [2.24, 2.45) is 0 Å². The van der Waals surface area contributed by atoms with E-state index in [0.29, 0.717) is 13.2 Å². The molecule has 4 rings (SSSR count). The third-order valence-electron chi connectivity index (χ3n) is 4.63. The largest absolute Gasteiger partial charge is 0.490 e. The highest BCUT2D eigenvalue weighted by atomic mass is 32.1. The number of hydrogen-bond donors (Lipinski definition) is 1. The summed E-state index contributed by atoms with van der Waals surface area (Å²) in [5.74, 6) is 0.889. The summed E-state index contributed by atoms with van der Waals surface area (Å²) in [5.41, 5.74) is 1.06. The van der Waals surface area contributed by atoms with Gasteiger partial charge in [0.15, 0.2) is 0 Å². The normalized spacial score (nSPS) is 17.5. The fourth-order valence-electron chi connectivity index (χ4n) is 3.23. The first kappa shape index (κ1) is 17.3. The minimum Gasteiger partial charge on any atom is -0.490 e. The number of fused-ring (bicyclic) bond motifs is 1. The first-order valence-electron chi connectivity index (χ1n) is 8.99. The molecule has 2 aliphatic heterocycles. The van der Waals surface area contributed by atoms with Gasteiger partial charge in [0, 0.05) is 26.2 Å². The van der Waals surface area contributed by atoms with Gasteiger partial charge in [-0.2, -0.15) is 0 Å². The van der Waals surface area contributed by atoms with Crippen LogP contribution in [0.4, 0.5) is 10.7 Å². The number of nitrogens with zero attached hydrogens (tertiary/aromatic N) is 2. The Morgan fingerprint density at radius 2 is 1.92 bits per heavy atom. The average molecular weight is 373 g/mol. The number of para-hydroxylation sites is 2. The van der Waals surface area contributed by atoms with Crippen molar-refractivity contribution in [1.29, 1.82) is 0 Å². The second-order valence-corrected chi connectivity index (χ2v) is 7.38. The third-order valence-corrected chi connectivity index (χ3v) is 5.73. The minimum absolute atomic E-state index is 0.00365. The van der Waals surface area contributed by atoms with Crippen molar-refractivity contribution in [3.8, 4) is 5.75 Å². The molecule has 138 valence electrons. The number of rotatable bonds is 5. The molecule has 0 bridgehead atoms. The van der Waals surface area contributed by atoms with E-state index in [-0.39, 0.29) is 5.91 Å². The fourth-order valence-corrected chi connectivity index (χ4v) is 4.19. The van der Waals surface area contributed by atoms with E-state index in [1.54, 1.807) is 0 Å². The van der Waals surface area contributed by atoms with Crippen LogP contribution >= 0.6 is 11.3 Å². The molecule has 3 heterocycles. The van der Waals surface area contributed by atoms with Crippen molar-refractivity contribution >= 4 is 27.9 Å². The average Bonchev–Trinajstić information content (AvgIpc) is 3.18. The topological polar surface area (TPSA) is 54.0 Å². The number of carbonyl (C=O) groups is 1. The molecule has 7 heteroatoms. The van der Waals surface area contributed by atoms with E-state index in [1.807, 2.05) is 30.3 Å². The Morgan fingerprint density at radius 3 is 2.81 bits per heavy atom. The fraction of sp³-hybridized carbons (Fsp3) is 0.421. The molecule has 0 unspecified atom stereocenters. The van der Waals surface area contributed by atoms with Gasteiger partial charge in [0.25, 0.3) is 5.91 Å². The lowest BCUT2D eigenvalue weighted by atomic mass is 10.2. The van der Waals surface area contributed by atoms with Crippen LogP contribution in [-0.4, -0.2) is 63.4 Å². The minimum atomic E-state index is -0.00365. The highest BCUT2D eigenvalue weighted by Crippen LogP contribution is 2.39. The highest BCUT2D eigenvalue weighted by molar-refractivity contribution is 7.18. The van der Waals surface area contributed by atoms with Crippen molar-refractivity contribution in [2.75, 3.05) is 57.4 Å². The number of morpholine rings is 1. The molecular formula is C19H23N3O3S. The van der Waals surface area contributed by atoms with Crippen molar-refractivity contribution in [3.63, 3.8) is 0 Å². The molecule has 0 saturated carbocycles. The maximum absolute atomic E-state index is 12.4. The van der Waals surface area contributed by atoms with Crippen LogP contribution in [0.3, 0.4) is 0 Å². The maximum atomic E-state index is 12.4. The lowest BCUT2D eigenvalue weighted by molar-refractivity contribution is 0.0383. The van der Waals surface area contributed by atoms with Crippen LogP contribution in [0.15, 0.2) is 36.4 Å². The van der Waals surface area contributed by atoms with Gasteiger partial charge in [-0.1, -0.05) is 12.1 Å². The van der Waals surface area contributed by atoms with Crippen LogP contribution in [0.5, 0.6) is 5.75 Å². The highest BCUT2D eigenvalue weighted by Gasteiger charge is 2.21. The second kappa shape index (κ2) is 8.07. The zero-order valence-corrected chi connectivity index (χ0v) is 15.5. The Hall–Kier alpha value is -2.09. The molecule has 26 heavy (non-hydrogen) atoms. The predicted molar refractivity (Wildman–Crippen MR) is 103 cm³/mol. The van der Waals surface area contributed by atoms with E-state index in [4.69, 9.17) is 9.47 Å².